The third-order valence-electron chi connectivity index (χ3n) is 6.92. The normalized spacial score (nSPS) is 13.8. The lowest BCUT2D eigenvalue weighted by molar-refractivity contribution is -0.0498. The van der Waals surface area contributed by atoms with Gasteiger partial charge in [-0.2, -0.15) is 8.78 Å². The zero-order valence-electron chi connectivity index (χ0n) is 25.9. The second-order valence-electron chi connectivity index (χ2n) is 11.6. The Hall–Kier alpha value is -4.22. The number of carbonyl (C=O) groups is 2. The van der Waals surface area contributed by atoms with Crippen molar-refractivity contribution >= 4 is 29.2 Å². The number of hydrogen-bond acceptors (Lipinski definition) is 6. The maximum atomic E-state index is 14.6. The number of morpholine rings is 1. The number of amides is 3. The van der Waals surface area contributed by atoms with Crippen molar-refractivity contribution in [1.82, 2.24) is 9.80 Å². The third-order valence-corrected chi connectivity index (χ3v) is 6.92. The topological polar surface area (TPSA) is 83.6 Å². The molecule has 1 fully saturated rings. The van der Waals surface area contributed by atoms with Gasteiger partial charge in [-0.15, -0.1) is 0 Å². The van der Waals surface area contributed by atoms with Crippen LogP contribution in [-0.4, -0.2) is 73.5 Å². The van der Waals surface area contributed by atoms with Gasteiger partial charge in [-0.1, -0.05) is 36.4 Å². The lowest BCUT2D eigenvalue weighted by Crippen LogP contribution is -2.43. The van der Waals surface area contributed by atoms with Crippen molar-refractivity contribution in [1.29, 1.82) is 0 Å². The fourth-order valence-corrected chi connectivity index (χ4v) is 4.85. The Morgan fingerprint density at radius 3 is 2.31 bits per heavy atom. The highest BCUT2D eigenvalue weighted by atomic mass is 19.3. The zero-order valence-corrected chi connectivity index (χ0v) is 25.9. The van der Waals surface area contributed by atoms with Crippen molar-refractivity contribution in [2.45, 2.75) is 45.9 Å². The van der Waals surface area contributed by atoms with E-state index >= 15 is 0 Å². The van der Waals surface area contributed by atoms with Gasteiger partial charge in [0, 0.05) is 32.7 Å². The average molecular weight is 623 g/mol. The summed E-state index contributed by atoms with van der Waals surface area (Å²) in [6.45, 7) is 12.7. The molecule has 1 heterocycles. The molecule has 1 aliphatic heterocycles. The number of anilines is 3. The molecule has 0 aromatic heterocycles. The Balaban J connectivity index is 1.70. The lowest BCUT2D eigenvalue weighted by atomic mass is 10.1. The van der Waals surface area contributed by atoms with Gasteiger partial charge >= 0.3 is 18.7 Å². The highest BCUT2D eigenvalue weighted by Crippen LogP contribution is 2.35. The summed E-state index contributed by atoms with van der Waals surface area (Å²) in [5, 5.41) is 2.76. The van der Waals surface area contributed by atoms with E-state index in [2.05, 4.69) is 15.0 Å². The van der Waals surface area contributed by atoms with Crippen LogP contribution in [0.2, 0.25) is 0 Å². The van der Waals surface area contributed by atoms with E-state index in [-0.39, 0.29) is 18.3 Å². The molecular formula is C34H40F2N4O5. The summed E-state index contributed by atoms with van der Waals surface area (Å²) in [5.74, 6) is -0.0504. The molecule has 1 saturated heterocycles. The van der Waals surface area contributed by atoms with Crippen molar-refractivity contribution in [2.75, 3.05) is 49.6 Å². The number of ether oxygens (including phenoxy) is 3. The molecule has 11 heteroatoms. The van der Waals surface area contributed by atoms with Gasteiger partial charge in [0.05, 0.1) is 30.3 Å². The van der Waals surface area contributed by atoms with E-state index in [1.54, 1.807) is 62.1 Å². The van der Waals surface area contributed by atoms with E-state index in [4.69, 9.17) is 16.4 Å². The molecule has 3 amide bonds. The van der Waals surface area contributed by atoms with E-state index in [1.165, 1.54) is 29.2 Å². The molecule has 0 unspecified atom stereocenters. The van der Waals surface area contributed by atoms with Crippen LogP contribution in [0.4, 0.5) is 35.4 Å². The van der Waals surface area contributed by atoms with Gasteiger partial charge in [0.25, 0.3) is 0 Å². The number of rotatable bonds is 11. The van der Waals surface area contributed by atoms with Crippen LogP contribution in [0.3, 0.4) is 0 Å². The lowest BCUT2D eigenvalue weighted by Gasteiger charge is -2.33. The highest BCUT2D eigenvalue weighted by molar-refractivity contribution is 6.04. The Morgan fingerprint density at radius 2 is 1.67 bits per heavy atom. The number of para-hydroxylation sites is 2. The van der Waals surface area contributed by atoms with E-state index in [0.29, 0.717) is 48.8 Å². The minimum atomic E-state index is -2.99. The summed E-state index contributed by atoms with van der Waals surface area (Å²) in [7, 11) is 0. The molecule has 2 radical (unpaired) electrons. The standard InChI is InChI=1S/C34H40F2N4O5/c1-25-10-12-26(13-11-25)24-39(19-7-18-38-20-22-43-23-21-38)33(42)40(27-14-16-28(17-15-27)44-31(35)36)30-9-6-5-8-29(30)37-32(41)45-34(2,3)4/h1,5-6,8-17,31H,7,18-24H2,2-4H3,(H,37,41). The number of benzene rings is 3. The summed E-state index contributed by atoms with van der Waals surface area (Å²) in [6, 6.07) is 19.5. The van der Waals surface area contributed by atoms with Gasteiger partial charge in [-0.05, 0) is 81.6 Å². The van der Waals surface area contributed by atoms with Crippen LogP contribution in [0.25, 0.3) is 0 Å². The maximum absolute atomic E-state index is 14.6. The van der Waals surface area contributed by atoms with Crippen LogP contribution in [0.1, 0.15) is 38.3 Å². The summed E-state index contributed by atoms with van der Waals surface area (Å²) in [6.07, 6.45) is 0.0142. The fourth-order valence-electron chi connectivity index (χ4n) is 4.85. The Bertz CT molecular complexity index is 1390. The van der Waals surface area contributed by atoms with Gasteiger partial charge in [0.1, 0.15) is 11.4 Å². The van der Waals surface area contributed by atoms with Gasteiger partial charge in [-0.25, -0.2) is 9.59 Å². The fraction of sp³-hybridized carbons (Fsp3) is 0.382. The molecule has 45 heavy (non-hydrogen) atoms. The average Bonchev–Trinajstić information content (AvgIpc) is 2.99. The van der Waals surface area contributed by atoms with Gasteiger partial charge in [0.15, 0.2) is 0 Å². The number of nitrogens with zero attached hydrogens (tertiary/aromatic N) is 3. The largest absolute Gasteiger partial charge is 0.444 e. The molecule has 0 bridgehead atoms. The number of carbonyl (C=O) groups excluding carboxylic acids is 2. The molecule has 0 aliphatic carbocycles. The van der Waals surface area contributed by atoms with E-state index in [0.717, 1.165) is 25.2 Å². The SMILES string of the molecule is [CH]c1ccc(CN(CCCN2CCOCC2)C(=O)N(c2ccc(OC(F)F)cc2)c2ccccc2NC(=O)OC(C)(C)C)cc1. The Kier molecular flexibility index (Phi) is 11.7. The van der Waals surface area contributed by atoms with Crippen LogP contribution >= 0.6 is 0 Å². The summed E-state index contributed by atoms with van der Waals surface area (Å²) in [5.41, 5.74) is 1.82. The quantitative estimate of drug-likeness (QED) is 0.244. The number of halogens is 2. The van der Waals surface area contributed by atoms with Crippen LogP contribution in [0, 0.1) is 6.92 Å². The zero-order chi connectivity index (χ0) is 32.4. The van der Waals surface area contributed by atoms with Crippen molar-refractivity contribution < 1.29 is 32.6 Å². The summed E-state index contributed by atoms with van der Waals surface area (Å²) in [4.78, 5) is 32.9. The van der Waals surface area contributed by atoms with Crippen LogP contribution in [0.15, 0.2) is 72.8 Å². The predicted molar refractivity (Wildman–Crippen MR) is 169 cm³/mol. The minimum absolute atomic E-state index is 0.0504. The third kappa shape index (κ3) is 10.4. The number of alkyl halides is 2. The molecule has 0 saturated carbocycles. The number of nitrogens with one attached hydrogen (secondary N) is 1. The van der Waals surface area contributed by atoms with E-state index < -0.39 is 18.3 Å². The van der Waals surface area contributed by atoms with Crippen LogP contribution in [0.5, 0.6) is 5.75 Å². The van der Waals surface area contributed by atoms with Crippen molar-refractivity contribution in [2.24, 2.45) is 0 Å². The monoisotopic (exact) mass is 622 g/mol. The first-order chi connectivity index (χ1) is 21.5. The van der Waals surface area contributed by atoms with Crippen LogP contribution in [-0.2, 0) is 16.0 Å². The Labute approximate surface area is 263 Å². The molecule has 1 N–H and O–H groups in total. The van der Waals surface area contributed by atoms with Gasteiger partial charge in [0.2, 0.25) is 0 Å². The van der Waals surface area contributed by atoms with E-state index in [1.807, 2.05) is 12.1 Å². The first kappa shape index (κ1) is 33.7. The molecule has 240 valence electrons. The molecule has 4 rings (SSSR count). The maximum Gasteiger partial charge on any atom is 0.412 e. The minimum Gasteiger partial charge on any atom is -0.444 e. The van der Waals surface area contributed by atoms with E-state index in [9.17, 15) is 18.4 Å². The smallest absolute Gasteiger partial charge is 0.412 e. The summed E-state index contributed by atoms with van der Waals surface area (Å²) < 4.78 is 41.3. The molecule has 9 nitrogen and oxygen atoms in total. The van der Waals surface area contributed by atoms with Crippen LogP contribution < -0.4 is 15.0 Å². The van der Waals surface area contributed by atoms with Gasteiger partial charge < -0.3 is 19.1 Å². The second-order valence-corrected chi connectivity index (χ2v) is 11.6. The number of hydrogen-bond donors (Lipinski definition) is 1. The van der Waals surface area contributed by atoms with Crippen molar-refractivity contribution in [3.8, 4) is 5.75 Å². The Morgan fingerprint density at radius 1 is 1.00 bits per heavy atom. The predicted octanol–water partition coefficient (Wildman–Crippen LogP) is 7.18. The second kappa shape index (κ2) is 15.7. The van der Waals surface area contributed by atoms with Crippen molar-refractivity contribution in [3.63, 3.8) is 0 Å². The van der Waals surface area contributed by atoms with Gasteiger partial charge in [-0.3, -0.25) is 15.1 Å². The first-order valence-electron chi connectivity index (χ1n) is 14.9. The molecule has 0 atom stereocenters. The number of urea groups is 1. The molecule has 3 aromatic carbocycles. The summed E-state index contributed by atoms with van der Waals surface area (Å²) >= 11 is 0. The molecule has 1 aliphatic rings. The highest BCUT2D eigenvalue weighted by Gasteiger charge is 2.28. The van der Waals surface area contributed by atoms with Crippen molar-refractivity contribution in [3.05, 3.63) is 90.8 Å². The molecule has 0 spiro atoms. The molecule has 3 aromatic rings. The first-order valence-corrected chi connectivity index (χ1v) is 14.9. The molecular weight excluding hydrogens is 582 g/mol.